The third-order valence-electron chi connectivity index (χ3n) is 5.06. The summed E-state index contributed by atoms with van der Waals surface area (Å²) >= 11 is 0. The van der Waals surface area contributed by atoms with Crippen LogP contribution in [-0.4, -0.2) is 23.0 Å². The molecule has 0 saturated carbocycles. The molecule has 4 rings (SSSR count). The van der Waals surface area contributed by atoms with Crippen LogP contribution in [0.25, 0.3) is 22.3 Å². The molecular formula is C24H21F2N5. The van der Waals surface area contributed by atoms with Crippen LogP contribution in [0.1, 0.15) is 11.1 Å². The largest absolute Gasteiger partial charge is 0.388 e. The highest BCUT2D eigenvalue weighted by Crippen LogP contribution is 2.31. The van der Waals surface area contributed by atoms with E-state index >= 15 is 0 Å². The van der Waals surface area contributed by atoms with E-state index < -0.39 is 11.6 Å². The Kier molecular flexibility index (Phi) is 5.49. The molecule has 0 radical (unpaired) electrons. The average molecular weight is 417 g/mol. The summed E-state index contributed by atoms with van der Waals surface area (Å²) in [4.78, 5) is 0. The molecule has 0 fully saturated rings. The van der Waals surface area contributed by atoms with Gasteiger partial charge in [-0.3, -0.25) is 4.68 Å². The van der Waals surface area contributed by atoms with Crippen LogP contribution in [0.3, 0.4) is 0 Å². The van der Waals surface area contributed by atoms with E-state index in [1.807, 2.05) is 37.7 Å². The Labute approximate surface area is 178 Å². The molecule has 0 unspecified atom stereocenters. The highest BCUT2D eigenvalue weighted by Gasteiger charge is 2.14. The Bertz CT molecular complexity index is 1250. The molecule has 1 aliphatic heterocycles. The number of nitrogens with zero attached hydrogens (tertiary/aromatic N) is 2. The molecule has 156 valence electrons. The van der Waals surface area contributed by atoms with Crippen molar-refractivity contribution in [1.29, 1.82) is 5.41 Å². The Morgan fingerprint density at radius 2 is 1.97 bits per heavy atom. The first-order valence-electron chi connectivity index (χ1n) is 9.65. The summed E-state index contributed by atoms with van der Waals surface area (Å²) in [6.45, 7) is 0. The van der Waals surface area contributed by atoms with E-state index in [0.717, 1.165) is 34.2 Å². The SMILES string of the molecule is CNc1cc(/C(C=N)=C2\C=CC(c3cnn(C)c3)=CN2)cc(-c2ccc(F)cc2F)c1. The highest BCUT2D eigenvalue weighted by molar-refractivity contribution is 6.11. The van der Waals surface area contributed by atoms with Gasteiger partial charge in [0.15, 0.2) is 0 Å². The molecule has 2 aromatic carbocycles. The first-order chi connectivity index (χ1) is 15.0. The van der Waals surface area contributed by atoms with Crippen LogP contribution < -0.4 is 10.6 Å². The zero-order valence-electron chi connectivity index (χ0n) is 17.1. The van der Waals surface area contributed by atoms with Crippen molar-refractivity contribution in [2.45, 2.75) is 0 Å². The predicted octanol–water partition coefficient (Wildman–Crippen LogP) is 4.97. The Morgan fingerprint density at radius 3 is 2.58 bits per heavy atom. The smallest absolute Gasteiger partial charge is 0.133 e. The van der Waals surface area contributed by atoms with Crippen LogP contribution in [0.2, 0.25) is 0 Å². The van der Waals surface area contributed by atoms with E-state index in [-0.39, 0.29) is 0 Å². The van der Waals surface area contributed by atoms with Gasteiger partial charge < -0.3 is 16.0 Å². The lowest BCUT2D eigenvalue weighted by Crippen LogP contribution is -2.11. The van der Waals surface area contributed by atoms with Gasteiger partial charge in [0.1, 0.15) is 11.6 Å². The van der Waals surface area contributed by atoms with E-state index in [1.54, 1.807) is 30.1 Å². The quantitative estimate of drug-likeness (QED) is 0.514. The number of rotatable bonds is 5. The molecule has 0 amide bonds. The monoisotopic (exact) mass is 417 g/mol. The Balaban J connectivity index is 1.74. The number of benzene rings is 2. The van der Waals surface area contributed by atoms with Crippen LogP contribution in [0.15, 0.2) is 72.8 Å². The van der Waals surface area contributed by atoms with Crippen molar-refractivity contribution < 1.29 is 8.78 Å². The lowest BCUT2D eigenvalue weighted by atomic mass is 9.96. The minimum Gasteiger partial charge on any atom is -0.388 e. The molecule has 3 aromatic rings. The number of dihydropyridines is 1. The number of anilines is 1. The van der Waals surface area contributed by atoms with Gasteiger partial charge in [0, 0.05) is 72.4 Å². The van der Waals surface area contributed by atoms with E-state index in [9.17, 15) is 8.78 Å². The summed E-state index contributed by atoms with van der Waals surface area (Å²) in [5.41, 5.74) is 5.69. The molecular weight excluding hydrogens is 396 g/mol. The molecule has 5 nitrogen and oxygen atoms in total. The molecule has 3 N–H and O–H groups in total. The van der Waals surface area contributed by atoms with Crippen LogP contribution in [0, 0.1) is 17.0 Å². The lowest BCUT2D eigenvalue weighted by molar-refractivity contribution is 0.585. The zero-order chi connectivity index (χ0) is 22.0. The van der Waals surface area contributed by atoms with Crippen LogP contribution >= 0.6 is 0 Å². The molecule has 7 heteroatoms. The van der Waals surface area contributed by atoms with Gasteiger partial charge >= 0.3 is 0 Å². The molecule has 1 aliphatic rings. The minimum absolute atomic E-state index is 0.292. The molecule has 0 spiro atoms. The Hall–Kier alpha value is -4.00. The number of nitrogens with one attached hydrogen (secondary N) is 3. The third kappa shape index (κ3) is 4.16. The van der Waals surface area contributed by atoms with Gasteiger partial charge in [-0.05, 0) is 47.5 Å². The number of halogens is 2. The molecule has 31 heavy (non-hydrogen) atoms. The van der Waals surface area contributed by atoms with Gasteiger partial charge in [-0.25, -0.2) is 8.78 Å². The lowest BCUT2D eigenvalue weighted by Gasteiger charge is -2.16. The molecule has 2 heterocycles. The van der Waals surface area contributed by atoms with Crippen LogP contribution in [-0.2, 0) is 7.05 Å². The fourth-order valence-electron chi connectivity index (χ4n) is 3.47. The van der Waals surface area contributed by atoms with Crippen molar-refractivity contribution in [3.8, 4) is 11.1 Å². The van der Waals surface area contributed by atoms with Gasteiger partial charge in [-0.2, -0.15) is 5.10 Å². The molecule has 0 saturated heterocycles. The minimum atomic E-state index is -0.636. The van der Waals surface area contributed by atoms with Crippen LogP contribution in [0.4, 0.5) is 14.5 Å². The summed E-state index contributed by atoms with van der Waals surface area (Å²) in [5, 5.41) is 18.5. The maximum absolute atomic E-state index is 14.4. The fraction of sp³-hybridized carbons (Fsp3) is 0.0833. The van der Waals surface area contributed by atoms with Crippen molar-refractivity contribution in [2.24, 2.45) is 7.05 Å². The first-order valence-corrected chi connectivity index (χ1v) is 9.65. The van der Waals surface area contributed by atoms with E-state index in [2.05, 4.69) is 15.7 Å². The number of aromatic nitrogens is 2. The van der Waals surface area contributed by atoms with Gasteiger partial charge in [0.2, 0.25) is 0 Å². The number of hydrogen-bond donors (Lipinski definition) is 3. The van der Waals surface area contributed by atoms with Crippen molar-refractivity contribution in [3.63, 3.8) is 0 Å². The normalized spacial score (nSPS) is 14.6. The zero-order valence-corrected chi connectivity index (χ0v) is 17.1. The van der Waals surface area contributed by atoms with Crippen molar-refractivity contribution in [2.75, 3.05) is 12.4 Å². The standard InChI is InChI=1S/C24H21F2N5/c1-28-20-8-16(21-5-4-19(25)10-23(21)26)7-17(9-20)22(11-27)24-6-3-15(12-29-24)18-13-30-31(2)14-18/h3-14,27-29H,1-2H3/b24-22+,27-11?. The predicted molar refractivity (Wildman–Crippen MR) is 121 cm³/mol. The van der Waals surface area contributed by atoms with Gasteiger partial charge in [0.25, 0.3) is 0 Å². The summed E-state index contributed by atoms with van der Waals surface area (Å²) in [5.74, 6) is -1.26. The topological polar surface area (TPSA) is 65.7 Å². The van der Waals surface area contributed by atoms with Gasteiger partial charge in [-0.1, -0.05) is 6.08 Å². The number of hydrogen-bond acceptors (Lipinski definition) is 4. The Morgan fingerprint density at radius 1 is 1.13 bits per heavy atom. The number of aryl methyl sites for hydroxylation is 1. The molecule has 0 atom stereocenters. The fourth-order valence-corrected chi connectivity index (χ4v) is 3.47. The van der Waals surface area contributed by atoms with E-state index in [4.69, 9.17) is 5.41 Å². The maximum atomic E-state index is 14.4. The third-order valence-corrected chi connectivity index (χ3v) is 5.06. The maximum Gasteiger partial charge on any atom is 0.133 e. The van der Waals surface area contributed by atoms with Crippen molar-refractivity contribution >= 4 is 23.0 Å². The van der Waals surface area contributed by atoms with Crippen LogP contribution in [0.5, 0.6) is 0 Å². The number of allylic oxidation sites excluding steroid dienone is 4. The van der Waals surface area contributed by atoms with Crippen molar-refractivity contribution in [1.82, 2.24) is 15.1 Å². The van der Waals surface area contributed by atoms with Gasteiger partial charge in [0.05, 0.1) is 6.20 Å². The van der Waals surface area contributed by atoms with E-state index in [1.165, 1.54) is 18.3 Å². The van der Waals surface area contributed by atoms with E-state index in [0.29, 0.717) is 16.7 Å². The summed E-state index contributed by atoms with van der Waals surface area (Å²) < 4.78 is 29.5. The summed E-state index contributed by atoms with van der Waals surface area (Å²) in [6.07, 6.45) is 10.7. The van der Waals surface area contributed by atoms with Gasteiger partial charge in [-0.15, -0.1) is 0 Å². The molecule has 1 aromatic heterocycles. The second-order valence-corrected chi connectivity index (χ2v) is 7.12. The summed E-state index contributed by atoms with van der Waals surface area (Å²) in [7, 11) is 3.63. The molecule has 0 aliphatic carbocycles. The summed E-state index contributed by atoms with van der Waals surface area (Å²) in [6, 6.07) is 8.98. The second-order valence-electron chi connectivity index (χ2n) is 7.12. The molecule has 0 bridgehead atoms. The average Bonchev–Trinajstić information content (AvgIpc) is 3.21. The second kappa shape index (κ2) is 8.39. The highest BCUT2D eigenvalue weighted by atomic mass is 19.1. The first kappa shape index (κ1) is 20.3. The van der Waals surface area contributed by atoms with Crippen molar-refractivity contribution in [3.05, 3.63) is 95.6 Å².